The first-order chi connectivity index (χ1) is 17.4. The fourth-order valence-corrected chi connectivity index (χ4v) is 4.79. The van der Waals surface area contributed by atoms with Gasteiger partial charge >= 0.3 is 6.03 Å². The van der Waals surface area contributed by atoms with Crippen LogP contribution in [-0.4, -0.2) is 97.1 Å². The smallest absolute Gasteiger partial charge is 0.326 e. The third kappa shape index (κ3) is 5.54. The van der Waals surface area contributed by atoms with Crippen LogP contribution in [0.4, 0.5) is 4.79 Å². The van der Waals surface area contributed by atoms with Gasteiger partial charge in [-0.2, -0.15) is 4.89 Å². The number of ether oxygens (including phenoxy) is 4. The fraction of sp³-hybridized carbons (Fsp3) is 0.739. The van der Waals surface area contributed by atoms with Gasteiger partial charge in [0.25, 0.3) is 11.7 Å². The summed E-state index contributed by atoms with van der Waals surface area (Å²) in [5.74, 6) is 0.607. The van der Waals surface area contributed by atoms with Gasteiger partial charge in [-0.3, -0.25) is 15.0 Å². The Morgan fingerprint density at radius 3 is 2.53 bits per heavy atom. The Hall–Kier alpha value is -2.60. The van der Waals surface area contributed by atoms with Crippen LogP contribution in [0.2, 0.25) is 0 Å². The lowest BCUT2D eigenvalue weighted by atomic mass is 9.98. The lowest BCUT2D eigenvalue weighted by molar-refractivity contribution is -0.308. The normalized spacial score (nSPS) is 30.9. The number of hydrogen-bond donors (Lipinski definition) is 2. The van der Waals surface area contributed by atoms with E-state index in [0.717, 1.165) is 37.0 Å². The molecule has 198 valence electrons. The molecular formula is C23H30N2O11. The summed E-state index contributed by atoms with van der Waals surface area (Å²) < 4.78 is 23.1. The summed E-state index contributed by atoms with van der Waals surface area (Å²) in [7, 11) is 1.44. The molecule has 4 fully saturated rings. The van der Waals surface area contributed by atoms with Gasteiger partial charge < -0.3 is 28.9 Å². The summed E-state index contributed by atoms with van der Waals surface area (Å²) >= 11 is 0. The number of nitrogens with one attached hydrogen (secondary N) is 1. The SMILES string of the molecule is COC1(O[C@@H]2[C@H](O)[C@@H](C(=C=O)OOC3CCCCC3)O[C@H]2N2CC(=C=O)C(=O)NC2=O)CCOCC1. The fourth-order valence-electron chi connectivity index (χ4n) is 4.79. The summed E-state index contributed by atoms with van der Waals surface area (Å²) in [6, 6.07) is -0.875. The van der Waals surface area contributed by atoms with Gasteiger partial charge in [0.05, 0.1) is 19.8 Å². The van der Waals surface area contributed by atoms with E-state index in [0.29, 0.717) is 26.1 Å². The van der Waals surface area contributed by atoms with Crippen molar-refractivity contribution < 1.29 is 53.0 Å². The van der Waals surface area contributed by atoms with Gasteiger partial charge in [0.1, 0.15) is 29.8 Å². The van der Waals surface area contributed by atoms with Crippen molar-refractivity contribution in [3.8, 4) is 0 Å². The molecule has 13 nitrogen and oxygen atoms in total. The van der Waals surface area contributed by atoms with Gasteiger partial charge in [0.2, 0.25) is 0 Å². The van der Waals surface area contributed by atoms with E-state index in [1.807, 2.05) is 5.32 Å². The molecule has 4 aliphatic rings. The summed E-state index contributed by atoms with van der Waals surface area (Å²) in [5, 5.41) is 13.2. The van der Waals surface area contributed by atoms with Gasteiger partial charge in [-0.25, -0.2) is 14.4 Å². The number of rotatable bonds is 8. The molecule has 3 aliphatic heterocycles. The quantitative estimate of drug-likeness (QED) is 0.112. The highest BCUT2D eigenvalue weighted by molar-refractivity contribution is 6.11. The van der Waals surface area contributed by atoms with Crippen molar-refractivity contribution in [2.24, 2.45) is 0 Å². The molecule has 3 heterocycles. The van der Waals surface area contributed by atoms with E-state index in [1.54, 1.807) is 5.94 Å². The molecule has 0 aromatic rings. The number of hydrogen-bond acceptors (Lipinski definition) is 11. The third-order valence-electron chi connectivity index (χ3n) is 6.89. The van der Waals surface area contributed by atoms with Crippen molar-refractivity contribution in [3.63, 3.8) is 0 Å². The summed E-state index contributed by atoms with van der Waals surface area (Å²) in [4.78, 5) is 59.3. The number of nitrogens with zero attached hydrogens (tertiary/aromatic N) is 1. The Labute approximate surface area is 207 Å². The average molecular weight is 510 g/mol. The number of methoxy groups -OCH3 is 1. The Morgan fingerprint density at radius 1 is 1.17 bits per heavy atom. The van der Waals surface area contributed by atoms with Gasteiger partial charge in [-0.15, -0.1) is 0 Å². The Bertz CT molecular complexity index is 930. The second kappa shape index (κ2) is 11.6. The van der Waals surface area contributed by atoms with E-state index in [4.69, 9.17) is 28.7 Å². The third-order valence-corrected chi connectivity index (χ3v) is 6.89. The largest absolute Gasteiger partial charge is 0.387 e. The van der Waals surface area contributed by atoms with Crippen LogP contribution in [-0.2, 0) is 43.1 Å². The zero-order valence-corrected chi connectivity index (χ0v) is 19.9. The lowest BCUT2D eigenvalue weighted by Gasteiger charge is -2.41. The molecule has 1 saturated carbocycles. The maximum Gasteiger partial charge on any atom is 0.326 e. The zero-order chi connectivity index (χ0) is 25.7. The van der Waals surface area contributed by atoms with E-state index < -0.39 is 54.6 Å². The van der Waals surface area contributed by atoms with E-state index in [-0.39, 0.29) is 11.7 Å². The highest BCUT2D eigenvalue weighted by Gasteiger charge is 2.55. The van der Waals surface area contributed by atoms with Crippen LogP contribution in [0.15, 0.2) is 11.3 Å². The maximum atomic E-state index is 12.7. The second-order valence-electron chi connectivity index (χ2n) is 9.12. The molecule has 3 saturated heterocycles. The average Bonchev–Trinajstić information content (AvgIpc) is 3.21. The molecule has 0 bridgehead atoms. The number of aliphatic hydroxyl groups is 1. The van der Waals surface area contributed by atoms with Crippen molar-refractivity contribution in [1.29, 1.82) is 0 Å². The standard InChI is InChI=1S/C23H30N2O11/c1-31-23(7-9-32-10-8-23)34-19-17(28)18(16(13-27)36-35-15-5-3-2-4-6-15)33-21(19)25-11-14(12-26)20(29)24-22(25)30/h15,17-19,21,28H,2-11H2,1H3,(H,24,29,30)/t17-,18-,19-,21-/m1/s1. The molecule has 0 spiro atoms. The molecule has 4 rings (SSSR count). The molecule has 0 unspecified atom stereocenters. The molecule has 0 aromatic carbocycles. The number of imide groups is 1. The first-order valence-electron chi connectivity index (χ1n) is 12.0. The number of aliphatic hydroxyl groups excluding tert-OH is 1. The minimum atomic E-state index is -1.52. The first kappa shape index (κ1) is 26.5. The number of carbonyl (C=O) groups is 2. The topological polar surface area (TPSA) is 159 Å². The number of amides is 3. The van der Waals surface area contributed by atoms with E-state index in [2.05, 4.69) is 0 Å². The van der Waals surface area contributed by atoms with Crippen LogP contribution >= 0.6 is 0 Å². The van der Waals surface area contributed by atoms with Crippen LogP contribution in [0, 0.1) is 0 Å². The molecule has 13 heteroatoms. The maximum absolute atomic E-state index is 12.7. The van der Waals surface area contributed by atoms with Gasteiger partial charge in [0, 0.05) is 20.0 Å². The van der Waals surface area contributed by atoms with Gasteiger partial charge in [0.15, 0.2) is 24.1 Å². The summed E-state index contributed by atoms with van der Waals surface area (Å²) in [5.41, 5.74) is -0.342. The molecule has 0 aromatic heterocycles. The highest BCUT2D eigenvalue weighted by atomic mass is 17.2. The Morgan fingerprint density at radius 2 is 1.89 bits per heavy atom. The van der Waals surface area contributed by atoms with Crippen LogP contribution in [0.3, 0.4) is 0 Å². The van der Waals surface area contributed by atoms with E-state index >= 15 is 0 Å². The van der Waals surface area contributed by atoms with Crippen molar-refractivity contribution in [1.82, 2.24) is 10.2 Å². The minimum Gasteiger partial charge on any atom is -0.387 e. The van der Waals surface area contributed by atoms with Crippen molar-refractivity contribution in [3.05, 3.63) is 11.3 Å². The second-order valence-corrected chi connectivity index (χ2v) is 9.12. The van der Waals surface area contributed by atoms with Crippen molar-refractivity contribution in [2.75, 3.05) is 26.9 Å². The molecule has 3 amide bonds. The molecule has 2 N–H and O–H groups in total. The molecule has 4 atom stereocenters. The van der Waals surface area contributed by atoms with E-state index in [1.165, 1.54) is 13.1 Å². The molecule has 1 aliphatic carbocycles. The molecule has 0 radical (unpaired) electrons. The summed E-state index contributed by atoms with van der Waals surface area (Å²) in [6.45, 7) is 0.223. The van der Waals surface area contributed by atoms with Gasteiger partial charge in [-0.1, -0.05) is 19.3 Å². The monoisotopic (exact) mass is 510 g/mol. The summed E-state index contributed by atoms with van der Waals surface area (Å²) in [6.07, 6.45) is -0.565. The van der Waals surface area contributed by atoms with Crippen LogP contribution < -0.4 is 5.32 Å². The lowest BCUT2D eigenvalue weighted by Crippen LogP contribution is -2.59. The minimum absolute atomic E-state index is 0.221. The highest BCUT2D eigenvalue weighted by Crippen LogP contribution is 2.37. The van der Waals surface area contributed by atoms with Crippen LogP contribution in [0.1, 0.15) is 44.9 Å². The van der Waals surface area contributed by atoms with Crippen molar-refractivity contribution >= 4 is 23.8 Å². The first-order valence-corrected chi connectivity index (χ1v) is 12.0. The predicted molar refractivity (Wildman–Crippen MR) is 117 cm³/mol. The van der Waals surface area contributed by atoms with Gasteiger partial charge in [-0.05, 0) is 12.8 Å². The predicted octanol–water partition coefficient (Wildman–Crippen LogP) is -0.0833. The molecule has 36 heavy (non-hydrogen) atoms. The Balaban J connectivity index is 1.58. The van der Waals surface area contributed by atoms with Crippen LogP contribution in [0.25, 0.3) is 0 Å². The number of urea groups is 1. The zero-order valence-electron chi connectivity index (χ0n) is 19.9. The number of carbonyl (C=O) groups excluding carboxylic acids is 4. The van der Waals surface area contributed by atoms with Crippen molar-refractivity contribution in [2.45, 2.75) is 81.4 Å². The van der Waals surface area contributed by atoms with E-state index in [9.17, 15) is 24.3 Å². The molecular weight excluding hydrogens is 480 g/mol. The van der Waals surface area contributed by atoms with Crippen LogP contribution in [0.5, 0.6) is 0 Å². The Kier molecular flexibility index (Phi) is 8.55.